The molecule has 0 aromatic heterocycles. The van der Waals surface area contributed by atoms with E-state index in [9.17, 15) is 14.5 Å². The zero-order valence-electron chi connectivity index (χ0n) is 11.2. The normalized spacial score (nSPS) is 10.4. The van der Waals surface area contributed by atoms with Gasteiger partial charge in [0.15, 0.2) is 5.75 Å². The van der Waals surface area contributed by atoms with Gasteiger partial charge in [-0.25, -0.2) is 4.39 Å². The van der Waals surface area contributed by atoms with Crippen molar-refractivity contribution in [2.75, 3.05) is 12.8 Å². The molecule has 0 bridgehead atoms. The molecule has 0 heterocycles. The molecule has 0 aliphatic heterocycles. The lowest BCUT2D eigenvalue weighted by molar-refractivity contribution is -0.385. The van der Waals surface area contributed by atoms with E-state index in [1.165, 1.54) is 37.1 Å². The molecule has 0 radical (unpaired) electrons. The molecule has 110 valence electrons. The predicted molar refractivity (Wildman–Crippen MR) is 80.0 cm³/mol. The molecule has 0 atom stereocenters. The van der Waals surface area contributed by atoms with Gasteiger partial charge in [-0.2, -0.15) is 0 Å². The summed E-state index contributed by atoms with van der Waals surface area (Å²) >= 11 is 1.35. The summed E-state index contributed by atoms with van der Waals surface area (Å²) in [5, 5.41) is 10.9. The summed E-state index contributed by atoms with van der Waals surface area (Å²) in [5.41, 5.74) is 6.57. The Morgan fingerprint density at radius 3 is 2.71 bits per heavy atom. The van der Waals surface area contributed by atoms with Gasteiger partial charge in [0.2, 0.25) is 0 Å². The Bertz CT molecular complexity index is 659. The molecule has 2 aromatic carbocycles. The number of ether oxygens (including phenoxy) is 1. The van der Waals surface area contributed by atoms with Crippen LogP contribution in [0.5, 0.6) is 5.75 Å². The fourth-order valence-corrected chi connectivity index (χ4v) is 2.73. The third-order valence-corrected chi connectivity index (χ3v) is 3.79. The van der Waals surface area contributed by atoms with E-state index in [2.05, 4.69) is 0 Å². The van der Waals surface area contributed by atoms with Crippen LogP contribution in [0, 0.1) is 15.9 Å². The number of nitro groups is 1. The number of thioether (sulfide) groups is 1. The maximum Gasteiger partial charge on any atom is 0.311 e. The van der Waals surface area contributed by atoms with E-state index in [0.29, 0.717) is 16.3 Å². The second-order valence-electron chi connectivity index (χ2n) is 4.27. The third-order valence-electron chi connectivity index (χ3n) is 2.74. The van der Waals surface area contributed by atoms with E-state index < -0.39 is 10.7 Å². The highest BCUT2D eigenvalue weighted by molar-refractivity contribution is 7.98. The summed E-state index contributed by atoms with van der Waals surface area (Å²) in [6, 6.07) is 9.01. The molecule has 2 aromatic rings. The summed E-state index contributed by atoms with van der Waals surface area (Å²) in [6.07, 6.45) is 0. The lowest BCUT2D eigenvalue weighted by atomic mass is 10.2. The smallest absolute Gasteiger partial charge is 0.311 e. The first-order valence-electron chi connectivity index (χ1n) is 6.00. The Kier molecular flexibility index (Phi) is 4.64. The number of methoxy groups -OCH3 is 1. The van der Waals surface area contributed by atoms with Gasteiger partial charge in [0.25, 0.3) is 0 Å². The molecule has 7 heteroatoms. The number of hydrogen-bond acceptors (Lipinski definition) is 5. The van der Waals surface area contributed by atoms with Gasteiger partial charge in [-0.3, -0.25) is 10.1 Å². The summed E-state index contributed by atoms with van der Waals surface area (Å²) in [7, 11) is 1.38. The standard InChI is InChI=1S/C14H13FN2O3S/c1-20-14-3-2-9(4-13(14)17(18)19)8-21-12-6-10(15)5-11(16)7-12/h2-7H,8,16H2,1H3. The monoisotopic (exact) mass is 308 g/mol. The van der Waals surface area contributed by atoms with Crippen LogP contribution < -0.4 is 10.5 Å². The van der Waals surface area contributed by atoms with Crippen molar-refractivity contribution in [3.63, 3.8) is 0 Å². The van der Waals surface area contributed by atoms with Gasteiger partial charge < -0.3 is 10.5 Å². The van der Waals surface area contributed by atoms with E-state index in [1.54, 1.807) is 18.2 Å². The Morgan fingerprint density at radius 2 is 2.10 bits per heavy atom. The van der Waals surface area contributed by atoms with Crippen LogP contribution in [0.1, 0.15) is 5.56 Å². The van der Waals surface area contributed by atoms with E-state index in [-0.39, 0.29) is 11.4 Å². The molecule has 0 saturated carbocycles. The van der Waals surface area contributed by atoms with Crippen LogP contribution in [-0.2, 0) is 5.75 Å². The first kappa shape index (κ1) is 15.1. The maximum atomic E-state index is 13.2. The Morgan fingerprint density at radius 1 is 1.33 bits per heavy atom. The number of nitrogens with zero attached hydrogens (tertiary/aromatic N) is 1. The first-order valence-corrected chi connectivity index (χ1v) is 6.98. The van der Waals surface area contributed by atoms with Crippen LogP contribution in [0.2, 0.25) is 0 Å². The van der Waals surface area contributed by atoms with Crippen LogP contribution in [0.15, 0.2) is 41.3 Å². The quantitative estimate of drug-likeness (QED) is 0.395. The SMILES string of the molecule is COc1ccc(CSc2cc(N)cc(F)c2)cc1[N+](=O)[O-]. The Labute approximate surface area is 125 Å². The molecular weight excluding hydrogens is 295 g/mol. The summed E-state index contributed by atoms with van der Waals surface area (Å²) in [5.74, 6) is 0.273. The van der Waals surface area contributed by atoms with E-state index in [1.807, 2.05) is 0 Å². The summed E-state index contributed by atoms with van der Waals surface area (Å²) < 4.78 is 18.2. The third kappa shape index (κ3) is 3.85. The number of nitro benzene ring substituents is 1. The average molecular weight is 308 g/mol. The number of nitrogens with two attached hydrogens (primary N) is 1. The molecule has 0 saturated heterocycles. The summed E-state index contributed by atoms with van der Waals surface area (Å²) in [6.45, 7) is 0. The van der Waals surface area contributed by atoms with Gasteiger partial charge in [0, 0.05) is 22.4 Å². The minimum absolute atomic E-state index is 0.0886. The van der Waals surface area contributed by atoms with Crippen molar-refractivity contribution in [2.24, 2.45) is 0 Å². The Hall–Kier alpha value is -2.28. The lowest BCUT2D eigenvalue weighted by Crippen LogP contribution is -1.95. The maximum absolute atomic E-state index is 13.2. The minimum atomic E-state index is -0.493. The van der Waals surface area contributed by atoms with Gasteiger partial charge in [-0.1, -0.05) is 6.07 Å². The van der Waals surface area contributed by atoms with Crippen LogP contribution in [0.3, 0.4) is 0 Å². The Balaban J connectivity index is 2.16. The molecule has 0 spiro atoms. The lowest BCUT2D eigenvalue weighted by Gasteiger charge is -2.06. The first-order chi connectivity index (χ1) is 9.99. The van der Waals surface area contributed by atoms with E-state index >= 15 is 0 Å². The van der Waals surface area contributed by atoms with Gasteiger partial charge in [-0.05, 0) is 29.8 Å². The fourth-order valence-electron chi connectivity index (χ4n) is 1.80. The highest BCUT2D eigenvalue weighted by Gasteiger charge is 2.15. The molecule has 0 aliphatic carbocycles. The molecule has 0 amide bonds. The van der Waals surface area contributed by atoms with E-state index in [0.717, 1.165) is 5.56 Å². The van der Waals surface area contributed by atoms with Crippen molar-refractivity contribution < 1.29 is 14.1 Å². The van der Waals surface area contributed by atoms with Crippen LogP contribution >= 0.6 is 11.8 Å². The molecule has 2 N–H and O–H groups in total. The second kappa shape index (κ2) is 6.45. The van der Waals surface area contributed by atoms with Crippen molar-refractivity contribution in [1.82, 2.24) is 0 Å². The number of benzene rings is 2. The van der Waals surface area contributed by atoms with Crippen LogP contribution in [0.25, 0.3) is 0 Å². The highest BCUT2D eigenvalue weighted by Crippen LogP contribution is 2.31. The van der Waals surface area contributed by atoms with Gasteiger partial charge in [0.1, 0.15) is 5.82 Å². The van der Waals surface area contributed by atoms with Crippen molar-refractivity contribution in [3.05, 3.63) is 57.9 Å². The second-order valence-corrected chi connectivity index (χ2v) is 5.32. The average Bonchev–Trinajstić information content (AvgIpc) is 2.43. The largest absolute Gasteiger partial charge is 0.490 e. The fraction of sp³-hybridized carbons (Fsp3) is 0.143. The zero-order chi connectivity index (χ0) is 15.4. The molecule has 0 fully saturated rings. The number of rotatable bonds is 5. The van der Waals surface area contributed by atoms with E-state index in [4.69, 9.17) is 10.5 Å². The number of halogens is 1. The molecule has 5 nitrogen and oxygen atoms in total. The number of nitrogen functional groups attached to an aromatic ring is 1. The predicted octanol–water partition coefficient (Wildman–Crippen LogP) is 3.62. The van der Waals surface area contributed by atoms with Gasteiger partial charge in [0.05, 0.1) is 12.0 Å². The molecule has 0 unspecified atom stereocenters. The molecular formula is C14H13FN2O3S. The van der Waals surface area contributed by atoms with Gasteiger partial charge in [-0.15, -0.1) is 11.8 Å². The van der Waals surface area contributed by atoms with Crippen molar-refractivity contribution >= 4 is 23.1 Å². The van der Waals surface area contributed by atoms with Crippen LogP contribution in [-0.4, -0.2) is 12.0 Å². The summed E-state index contributed by atoms with van der Waals surface area (Å²) in [4.78, 5) is 11.1. The van der Waals surface area contributed by atoms with Gasteiger partial charge >= 0.3 is 5.69 Å². The highest BCUT2D eigenvalue weighted by atomic mass is 32.2. The minimum Gasteiger partial charge on any atom is -0.490 e. The van der Waals surface area contributed by atoms with Crippen molar-refractivity contribution in [3.8, 4) is 5.75 Å². The molecule has 0 aliphatic rings. The van der Waals surface area contributed by atoms with Crippen molar-refractivity contribution in [2.45, 2.75) is 10.6 Å². The molecule has 2 rings (SSSR count). The number of anilines is 1. The topological polar surface area (TPSA) is 78.4 Å². The van der Waals surface area contributed by atoms with Crippen molar-refractivity contribution in [1.29, 1.82) is 0 Å². The molecule has 21 heavy (non-hydrogen) atoms. The number of hydrogen-bond donors (Lipinski definition) is 1. The zero-order valence-corrected chi connectivity index (χ0v) is 12.0. The van der Waals surface area contributed by atoms with Crippen LogP contribution in [0.4, 0.5) is 15.8 Å².